The molecule has 4 heteroatoms. The lowest BCUT2D eigenvalue weighted by molar-refractivity contribution is 0.408. The molecule has 0 aliphatic heterocycles. The summed E-state index contributed by atoms with van der Waals surface area (Å²) in [5.41, 5.74) is 3.80. The van der Waals surface area contributed by atoms with Crippen molar-refractivity contribution in [2.24, 2.45) is 0 Å². The molecule has 0 aliphatic carbocycles. The second-order valence-corrected chi connectivity index (χ2v) is 4.02. The van der Waals surface area contributed by atoms with Crippen molar-refractivity contribution in [3.8, 4) is 23.1 Å². The number of nitriles is 1. The van der Waals surface area contributed by atoms with Crippen molar-refractivity contribution in [2.45, 2.75) is 13.8 Å². The number of hydrogen-bond acceptors (Lipinski definition) is 4. The first-order chi connectivity index (χ1) is 8.65. The van der Waals surface area contributed by atoms with Gasteiger partial charge in [0.25, 0.3) is 0 Å². The summed E-state index contributed by atoms with van der Waals surface area (Å²) >= 11 is 0. The van der Waals surface area contributed by atoms with Gasteiger partial charge in [0.05, 0.1) is 12.8 Å². The molecule has 0 fully saturated rings. The van der Waals surface area contributed by atoms with E-state index in [-0.39, 0.29) is 5.82 Å². The van der Waals surface area contributed by atoms with Crippen molar-refractivity contribution in [2.75, 3.05) is 7.11 Å². The Bertz CT molecular complexity index is 606. The molecule has 0 saturated heterocycles. The molecule has 90 valence electrons. The summed E-state index contributed by atoms with van der Waals surface area (Å²) in [7, 11) is 1.66. The van der Waals surface area contributed by atoms with Crippen molar-refractivity contribution in [3.05, 3.63) is 41.3 Å². The summed E-state index contributed by atoms with van der Waals surface area (Å²) in [5, 5.41) is 8.81. The van der Waals surface area contributed by atoms with E-state index in [4.69, 9.17) is 10.00 Å². The van der Waals surface area contributed by atoms with Gasteiger partial charge in [-0.2, -0.15) is 5.26 Å². The number of ether oxygens (including phenoxy) is 1. The molecule has 1 aromatic carbocycles. The molecule has 0 unspecified atom stereocenters. The van der Waals surface area contributed by atoms with Crippen molar-refractivity contribution >= 4 is 0 Å². The Kier molecular flexibility index (Phi) is 3.24. The molecule has 0 aliphatic rings. The lowest BCUT2D eigenvalue weighted by atomic mass is 10.0. The summed E-state index contributed by atoms with van der Waals surface area (Å²) in [6.07, 6.45) is 1.59. The lowest BCUT2D eigenvalue weighted by Gasteiger charge is -2.10. The van der Waals surface area contributed by atoms with Crippen molar-refractivity contribution < 1.29 is 4.74 Å². The summed E-state index contributed by atoms with van der Waals surface area (Å²) in [4.78, 5) is 8.05. The molecule has 0 N–H and O–H groups in total. The molecule has 2 rings (SSSR count). The molecule has 0 bridgehead atoms. The highest BCUT2D eigenvalue weighted by molar-refractivity contribution is 5.64. The third-order valence-corrected chi connectivity index (χ3v) is 2.72. The minimum Gasteiger partial charge on any atom is -0.496 e. The first-order valence-corrected chi connectivity index (χ1v) is 5.54. The topological polar surface area (TPSA) is 58.8 Å². The predicted octanol–water partition coefficient (Wildman–Crippen LogP) is 2.64. The van der Waals surface area contributed by atoms with Gasteiger partial charge >= 0.3 is 0 Å². The molecule has 18 heavy (non-hydrogen) atoms. The maximum Gasteiger partial charge on any atom is 0.232 e. The van der Waals surface area contributed by atoms with Crippen LogP contribution in [0.1, 0.15) is 17.0 Å². The highest BCUT2D eigenvalue weighted by Crippen LogP contribution is 2.28. The summed E-state index contributed by atoms with van der Waals surface area (Å²) < 4.78 is 5.33. The van der Waals surface area contributed by atoms with Crippen molar-refractivity contribution in [3.63, 3.8) is 0 Å². The first kappa shape index (κ1) is 12.1. The molecule has 0 atom stereocenters. The predicted molar refractivity (Wildman–Crippen MR) is 68.2 cm³/mol. The van der Waals surface area contributed by atoms with Crippen LogP contribution in [0.5, 0.6) is 5.75 Å². The molecule has 0 amide bonds. The monoisotopic (exact) mass is 239 g/mol. The number of hydrogen-bond donors (Lipinski definition) is 0. The van der Waals surface area contributed by atoms with Gasteiger partial charge in [-0.3, -0.25) is 0 Å². The maximum absolute atomic E-state index is 8.81. The van der Waals surface area contributed by atoms with E-state index in [0.29, 0.717) is 0 Å². The maximum atomic E-state index is 8.81. The third kappa shape index (κ3) is 2.16. The van der Waals surface area contributed by atoms with E-state index in [9.17, 15) is 0 Å². The summed E-state index contributed by atoms with van der Waals surface area (Å²) in [6, 6.07) is 7.73. The van der Waals surface area contributed by atoms with E-state index in [1.807, 2.05) is 32.0 Å². The van der Waals surface area contributed by atoms with Crippen LogP contribution in [0.2, 0.25) is 0 Å². The third-order valence-electron chi connectivity index (χ3n) is 2.72. The van der Waals surface area contributed by atoms with E-state index < -0.39 is 0 Å². The van der Waals surface area contributed by atoms with E-state index >= 15 is 0 Å². The zero-order valence-electron chi connectivity index (χ0n) is 10.6. The first-order valence-electron chi connectivity index (χ1n) is 5.54. The average Bonchev–Trinajstić information content (AvgIpc) is 2.38. The minimum absolute atomic E-state index is 0.179. The van der Waals surface area contributed by atoms with Crippen molar-refractivity contribution in [1.82, 2.24) is 9.97 Å². The van der Waals surface area contributed by atoms with Gasteiger partial charge in [-0.1, -0.05) is 0 Å². The Labute approximate surface area is 106 Å². The Balaban J connectivity index is 2.55. The van der Waals surface area contributed by atoms with Crippen LogP contribution in [0.25, 0.3) is 11.3 Å². The van der Waals surface area contributed by atoms with E-state index in [2.05, 4.69) is 9.97 Å². The summed E-state index contributed by atoms with van der Waals surface area (Å²) in [6.45, 7) is 3.98. The Morgan fingerprint density at radius 2 is 1.89 bits per heavy atom. The van der Waals surface area contributed by atoms with Crippen LogP contribution in [-0.4, -0.2) is 17.1 Å². The fourth-order valence-electron chi connectivity index (χ4n) is 1.99. The fourth-order valence-corrected chi connectivity index (χ4v) is 1.99. The van der Waals surface area contributed by atoms with Gasteiger partial charge in [0, 0.05) is 11.8 Å². The molecular weight excluding hydrogens is 226 g/mol. The van der Waals surface area contributed by atoms with E-state index in [1.54, 1.807) is 19.4 Å². The normalized spacial score (nSPS) is 9.89. The summed E-state index contributed by atoms with van der Waals surface area (Å²) in [5.74, 6) is 1.06. The highest BCUT2D eigenvalue weighted by atomic mass is 16.5. The van der Waals surface area contributed by atoms with Gasteiger partial charge in [0.2, 0.25) is 5.82 Å². The number of rotatable bonds is 2. The molecule has 0 radical (unpaired) electrons. The molecule has 0 saturated carbocycles. The van der Waals surface area contributed by atoms with Gasteiger partial charge in [0.1, 0.15) is 11.8 Å². The van der Waals surface area contributed by atoms with Crippen LogP contribution >= 0.6 is 0 Å². The van der Waals surface area contributed by atoms with Gasteiger partial charge in [-0.05, 0) is 43.2 Å². The van der Waals surface area contributed by atoms with Crippen LogP contribution in [0, 0.1) is 25.2 Å². The zero-order chi connectivity index (χ0) is 13.1. The average molecular weight is 239 g/mol. The van der Waals surface area contributed by atoms with Gasteiger partial charge < -0.3 is 4.74 Å². The Morgan fingerprint density at radius 1 is 1.22 bits per heavy atom. The number of nitrogens with zero attached hydrogens (tertiary/aromatic N) is 3. The van der Waals surface area contributed by atoms with Gasteiger partial charge in [0.15, 0.2) is 0 Å². The number of benzene rings is 1. The standard InChI is InChI=1S/C14H13N3O/c1-9-6-11(7-10(2)14(9)18-3)12-4-5-16-13(8-15)17-12/h4-7H,1-3H3. The molecule has 2 aromatic rings. The van der Waals surface area contributed by atoms with Crippen LogP contribution in [0.4, 0.5) is 0 Å². The van der Waals surface area contributed by atoms with E-state index in [1.165, 1.54) is 0 Å². The second kappa shape index (κ2) is 4.84. The van der Waals surface area contributed by atoms with Gasteiger partial charge in [-0.15, -0.1) is 0 Å². The smallest absolute Gasteiger partial charge is 0.232 e. The molecule has 1 aromatic heterocycles. The Morgan fingerprint density at radius 3 is 2.44 bits per heavy atom. The molecule has 4 nitrogen and oxygen atoms in total. The van der Waals surface area contributed by atoms with Crippen LogP contribution in [0.15, 0.2) is 24.4 Å². The fraction of sp³-hybridized carbons (Fsp3) is 0.214. The Hall–Kier alpha value is -2.41. The quantitative estimate of drug-likeness (QED) is 0.808. The number of aryl methyl sites for hydroxylation is 2. The van der Waals surface area contributed by atoms with Crippen molar-refractivity contribution in [1.29, 1.82) is 5.26 Å². The minimum atomic E-state index is 0.179. The highest BCUT2D eigenvalue weighted by Gasteiger charge is 2.08. The molecule has 0 spiro atoms. The largest absolute Gasteiger partial charge is 0.496 e. The SMILES string of the molecule is COc1c(C)cc(-c2ccnc(C#N)n2)cc1C. The number of methoxy groups -OCH3 is 1. The molecular formula is C14H13N3O. The van der Waals surface area contributed by atoms with E-state index in [0.717, 1.165) is 28.1 Å². The number of aromatic nitrogens is 2. The second-order valence-electron chi connectivity index (χ2n) is 4.02. The van der Waals surface area contributed by atoms with Gasteiger partial charge in [-0.25, -0.2) is 9.97 Å². The zero-order valence-corrected chi connectivity index (χ0v) is 10.6. The lowest BCUT2D eigenvalue weighted by Crippen LogP contribution is -1.95. The van der Waals surface area contributed by atoms with Crippen LogP contribution in [0.3, 0.4) is 0 Å². The van der Waals surface area contributed by atoms with Crippen LogP contribution < -0.4 is 4.74 Å². The van der Waals surface area contributed by atoms with Crippen LogP contribution in [-0.2, 0) is 0 Å². The molecule has 1 heterocycles.